The van der Waals surface area contributed by atoms with Crippen molar-refractivity contribution in [2.45, 2.75) is 69.7 Å². The van der Waals surface area contributed by atoms with Crippen LogP contribution in [0.5, 0.6) is 6.01 Å². The summed E-state index contributed by atoms with van der Waals surface area (Å²) < 4.78 is 26.9. The van der Waals surface area contributed by atoms with Gasteiger partial charge >= 0.3 is 6.01 Å². The molecule has 0 N–H and O–H groups in total. The van der Waals surface area contributed by atoms with Crippen molar-refractivity contribution in [2.75, 3.05) is 44.2 Å². The monoisotopic (exact) mass is 610 g/mol. The van der Waals surface area contributed by atoms with Crippen molar-refractivity contribution in [2.24, 2.45) is 0 Å². The Balaban J connectivity index is 1.23. The molecule has 5 heterocycles. The van der Waals surface area contributed by atoms with Gasteiger partial charge in [-0.05, 0) is 67.6 Å². The molecule has 3 aromatic rings. The summed E-state index contributed by atoms with van der Waals surface area (Å²) in [4.78, 5) is 28.6. The fourth-order valence-electron chi connectivity index (χ4n) is 8.00. The normalized spacial score (nSPS) is 22.6. The fourth-order valence-corrected chi connectivity index (χ4v) is 8.00. The Labute approximate surface area is 263 Å². The molecule has 0 radical (unpaired) electrons. The van der Waals surface area contributed by atoms with Gasteiger partial charge in [0.2, 0.25) is 0 Å². The van der Waals surface area contributed by atoms with E-state index < -0.39 is 17.8 Å². The molecule has 3 fully saturated rings. The van der Waals surface area contributed by atoms with Crippen molar-refractivity contribution in [1.29, 1.82) is 5.26 Å². The van der Waals surface area contributed by atoms with Crippen LogP contribution < -0.4 is 9.64 Å². The number of carbonyl (C=O) groups excluding carboxylic acids is 1. The van der Waals surface area contributed by atoms with Gasteiger partial charge in [-0.15, -0.1) is 0 Å². The van der Waals surface area contributed by atoms with E-state index in [1.54, 1.807) is 0 Å². The van der Waals surface area contributed by atoms with Gasteiger partial charge in [0.1, 0.15) is 12.4 Å². The molecule has 0 bridgehead atoms. The number of aromatic nitrogens is 2. The zero-order chi connectivity index (χ0) is 31.1. The minimum Gasteiger partial charge on any atom is -0.461 e. The molecule has 2 aromatic carbocycles. The Bertz CT molecular complexity index is 1670. The number of halogens is 1. The van der Waals surface area contributed by atoms with E-state index in [0.717, 1.165) is 42.8 Å². The molecule has 4 aliphatic rings. The second-order valence-corrected chi connectivity index (χ2v) is 12.9. The summed E-state index contributed by atoms with van der Waals surface area (Å²) in [5.74, 6) is -1.09. The molecule has 0 saturated carbocycles. The smallest absolute Gasteiger partial charge is 0.318 e. The number of nitrogens with zero attached hydrogens (tertiary/aromatic N) is 6. The molecular formula is C35H39FN6O3. The van der Waals surface area contributed by atoms with Gasteiger partial charge in [-0.25, -0.2) is 4.39 Å². The maximum absolute atomic E-state index is 13.9. The van der Waals surface area contributed by atoms with Crippen LogP contribution >= 0.6 is 0 Å². The van der Waals surface area contributed by atoms with E-state index in [-0.39, 0.29) is 24.6 Å². The maximum atomic E-state index is 13.9. The molecule has 2 atom stereocenters. The number of carbonyl (C=O) groups is 1. The lowest BCUT2D eigenvalue weighted by Crippen LogP contribution is -2.55. The molecule has 10 heteroatoms. The number of rotatable bonds is 7. The van der Waals surface area contributed by atoms with Gasteiger partial charge in [0.05, 0.1) is 42.5 Å². The Morgan fingerprint density at radius 1 is 1.16 bits per heavy atom. The van der Waals surface area contributed by atoms with Crippen LogP contribution in [0.3, 0.4) is 0 Å². The van der Waals surface area contributed by atoms with Crippen LogP contribution in [-0.2, 0) is 22.6 Å². The highest BCUT2D eigenvalue weighted by atomic mass is 19.1. The number of piperazine rings is 1. The molecule has 234 valence electrons. The minimum absolute atomic E-state index is 0.0458. The summed E-state index contributed by atoms with van der Waals surface area (Å²) in [6.07, 6.45) is 5.04. The van der Waals surface area contributed by atoms with E-state index in [9.17, 15) is 14.4 Å². The van der Waals surface area contributed by atoms with Crippen molar-refractivity contribution in [3.05, 3.63) is 71.2 Å². The van der Waals surface area contributed by atoms with Crippen LogP contribution in [0.15, 0.2) is 48.8 Å². The van der Waals surface area contributed by atoms with Crippen molar-refractivity contribution in [3.63, 3.8) is 0 Å². The van der Waals surface area contributed by atoms with Crippen LogP contribution in [0, 0.1) is 18.3 Å². The number of amides is 1. The standard InChI is InChI=1S/C35H39FN6O3/c1-23-7-3-8-25-9-4-10-27(31(23)25)30-19-29-28(21-44-30)32(40-17-18-42(33(43)24(2)36)26(20-40)11-14-37)39-34(38-29)45-22-35-12-5-15-41(35)16-6-13-35/h3-4,7-10,26,30H,2,5-6,11-13,15-22H2,1H3/t26-,30-/m0/s1. The van der Waals surface area contributed by atoms with E-state index in [4.69, 9.17) is 19.4 Å². The number of nitriles is 1. The average Bonchev–Trinajstić information content (AvgIpc) is 3.63. The van der Waals surface area contributed by atoms with Crippen molar-refractivity contribution < 1.29 is 18.7 Å². The summed E-state index contributed by atoms with van der Waals surface area (Å²) in [7, 11) is 0. The van der Waals surface area contributed by atoms with E-state index >= 15 is 0 Å². The third-order valence-electron chi connectivity index (χ3n) is 10.2. The Hall–Kier alpha value is -4.07. The molecule has 1 amide bonds. The number of hydrogen-bond donors (Lipinski definition) is 0. The lowest BCUT2D eigenvalue weighted by Gasteiger charge is -2.42. The van der Waals surface area contributed by atoms with Crippen molar-refractivity contribution in [1.82, 2.24) is 19.8 Å². The zero-order valence-electron chi connectivity index (χ0n) is 25.8. The largest absolute Gasteiger partial charge is 0.461 e. The van der Waals surface area contributed by atoms with Crippen LogP contribution in [0.1, 0.15) is 60.6 Å². The maximum Gasteiger partial charge on any atom is 0.318 e. The second-order valence-electron chi connectivity index (χ2n) is 12.9. The number of anilines is 1. The van der Waals surface area contributed by atoms with Gasteiger partial charge in [-0.3, -0.25) is 9.69 Å². The predicted octanol–water partition coefficient (Wildman–Crippen LogP) is 5.17. The quantitative estimate of drug-likeness (QED) is 0.338. The molecule has 3 saturated heterocycles. The first-order valence-corrected chi connectivity index (χ1v) is 16.0. The highest BCUT2D eigenvalue weighted by molar-refractivity contribution is 5.91. The first-order chi connectivity index (χ1) is 21.9. The lowest BCUT2D eigenvalue weighted by molar-refractivity contribution is -0.131. The Morgan fingerprint density at radius 2 is 1.93 bits per heavy atom. The van der Waals surface area contributed by atoms with Crippen LogP contribution in [0.25, 0.3) is 10.8 Å². The van der Waals surface area contributed by atoms with Crippen molar-refractivity contribution in [3.8, 4) is 12.1 Å². The van der Waals surface area contributed by atoms with E-state index in [0.29, 0.717) is 44.6 Å². The fraction of sp³-hybridized carbons (Fsp3) is 0.486. The highest BCUT2D eigenvalue weighted by Gasteiger charge is 2.45. The van der Waals surface area contributed by atoms with Crippen LogP contribution in [-0.4, -0.2) is 76.6 Å². The van der Waals surface area contributed by atoms with Gasteiger partial charge in [-0.2, -0.15) is 15.2 Å². The van der Waals surface area contributed by atoms with E-state index in [1.165, 1.54) is 34.1 Å². The topological polar surface area (TPSA) is 94.8 Å². The molecule has 1 aromatic heterocycles. The first kappa shape index (κ1) is 29.6. The van der Waals surface area contributed by atoms with Gasteiger partial charge in [0.25, 0.3) is 5.91 Å². The van der Waals surface area contributed by atoms with Gasteiger partial charge in [0.15, 0.2) is 5.83 Å². The first-order valence-electron chi connectivity index (χ1n) is 16.0. The summed E-state index contributed by atoms with van der Waals surface area (Å²) in [6, 6.07) is 14.7. The van der Waals surface area contributed by atoms with Gasteiger partial charge in [-0.1, -0.05) is 43.0 Å². The van der Waals surface area contributed by atoms with Crippen LogP contribution in [0.2, 0.25) is 0 Å². The number of aryl methyl sites for hydroxylation is 1. The number of hydrogen-bond acceptors (Lipinski definition) is 8. The number of fused-ring (bicyclic) bond motifs is 3. The lowest BCUT2D eigenvalue weighted by atomic mass is 9.92. The second kappa shape index (κ2) is 12.0. The third kappa shape index (κ3) is 5.42. The zero-order valence-corrected chi connectivity index (χ0v) is 25.8. The summed E-state index contributed by atoms with van der Waals surface area (Å²) >= 11 is 0. The molecule has 0 spiro atoms. The highest BCUT2D eigenvalue weighted by Crippen LogP contribution is 2.41. The SMILES string of the molecule is C=C(F)C(=O)N1CCN(c2nc(OCC34CCCN3CCC4)nc3c2CO[C@H](c2cccc4cccc(C)c24)C3)C[C@@H]1CC#N. The molecular weight excluding hydrogens is 571 g/mol. The summed E-state index contributed by atoms with van der Waals surface area (Å²) in [5.41, 5.74) is 4.16. The predicted molar refractivity (Wildman–Crippen MR) is 168 cm³/mol. The number of ether oxygens (including phenoxy) is 2. The molecule has 7 rings (SSSR count). The number of benzene rings is 2. The van der Waals surface area contributed by atoms with E-state index in [2.05, 4.69) is 65.8 Å². The Kier molecular flexibility index (Phi) is 7.92. The van der Waals surface area contributed by atoms with Crippen molar-refractivity contribution >= 4 is 22.5 Å². The van der Waals surface area contributed by atoms with E-state index in [1.807, 2.05) is 0 Å². The molecule has 0 unspecified atom stereocenters. The summed E-state index contributed by atoms with van der Waals surface area (Å²) in [5, 5.41) is 11.9. The molecule has 45 heavy (non-hydrogen) atoms. The Morgan fingerprint density at radius 3 is 2.69 bits per heavy atom. The average molecular weight is 611 g/mol. The van der Waals surface area contributed by atoms with Gasteiger partial charge < -0.3 is 19.3 Å². The molecule has 0 aliphatic carbocycles. The summed E-state index contributed by atoms with van der Waals surface area (Å²) in [6.45, 7) is 9.41. The van der Waals surface area contributed by atoms with Crippen LogP contribution in [0.4, 0.5) is 10.2 Å². The van der Waals surface area contributed by atoms with Gasteiger partial charge in [0, 0.05) is 31.6 Å². The third-order valence-corrected chi connectivity index (χ3v) is 10.2. The molecule has 9 nitrogen and oxygen atoms in total. The molecule has 4 aliphatic heterocycles. The minimum atomic E-state index is -1.02.